The Labute approximate surface area is 217 Å². The van der Waals surface area contributed by atoms with Gasteiger partial charge in [0.25, 0.3) is 0 Å². The van der Waals surface area contributed by atoms with Crippen LogP contribution in [0.4, 0.5) is 4.39 Å². The van der Waals surface area contributed by atoms with Crippen LogP contribution in [0.2, 0.25) is 5.02 Å². The van der Waals surface area contributed by atoms with Crippen LogP contribution in [-0.4, -0.2) is 44.3 Å². The zero-order valence-corrected chi connectivity index (χ0v) is 22.3. The van der Waals surface area contributed by atoms with Gasteiger partial charge in [-0.05, 0) is 61.9 Å². The maximum atomic E-state index is 13.2. The molecular formula is C26H33ClFN3O4S. The van der Waals surface area contributed by atoms with Crippen molar-refractivity contribution < 1.29 is 22.4 Å². The highest BCUT2D eigenvalue weighted by Gasteiger charge is 2.27. The topological polar surface area (TPSA) is 110 Å². The van der Waals surface area contributed by atoms with Crippen molar-refractivity contribution in [2.24, 2.45) is 11.7 Å². The van der Waals surface area contributed by atoms with E-state index in [0.717, 1.165) is 29.3 Å². The molecule has 0 aliphatic heterocycles. The van der Waals surface area contributed by atoms with Crippen LogP contribution in [0.15, 0.2) is 53.4 Å². The lowest BCUT2D eigenvalue weighted by atomic mass is 10.0. The van der Waals surface area contributed by atoms with E-state index < -0.39 is 27.8 Å². The van der Waals surface area contributed by atoms with Crippen molar-refractivity contribution in [3.8, 4) is 0 Å². The van der Waals surface area contributed by atoms with E-state index in [1.165, 1.54) is 11.0 Å². The monoisotopic (exact) mass is 537 g/mol. The molecule has 3 N–H and O–H groups in total. The van der Waals surface area contributed by atoms with E-state index in [9.17, 15) is 22.4 Å². The maximum Gasteiger partial charge on any atom is 0.247 e. The summed E-state index contributed by atoms with van der Waals surface area (Å²) in [5, 5.41) is -0.211. The van der Waals surface area contributed by atoms with Crippen LogP contribution >= 0.6 is 11.6 Å². The van der Waals surface area contributed by atoms with E-state index in [-0.39, 0.29) is 34.8 Å². The number of benzene rings is 2. The highest BCUT2D eigenvalue weighted by molar-refractivity contribution is 7.89. The number of carbonyl (C=O) groups is 2. The number of nitrogens with two attached hydrogens (primary N) is 1. The van der Waals surface area contributed by atoms with Crippen molar-refractivity contribution in [1.82, 2.24) is 9.62 Å². The molecule has 10 heteroatoms. The molecule has 2 aromatic rings. The first-order valence-electron chi connectivity index (χ1n) is 11.7. The van der Waals surface area contributed by atoms with Gasteiger partial charge in [-0.2, -0.15) is 0 Å². The molecule has 2 amide bonds. The first-order valence-corrected chi connectivity index (χ1v) is 13.6. The van der Waals surface area contributed by atoms with E-state index in [4.69, 9.17) is 17.3 Å². The average molecular weight is 538 g/mol. The summed E-state index contributed by atoms with van der Waals surface area (Å²) in [4.78, 5) is 26.5. The van der Waals surface area contributed by atoms with Crippen LogP contribution in [0.25, 0.3) is 6.08 Å². The Morgan fingerprint density at radius 3 is 2.39 bits per heavy atom. The fourth-order valence-electron chi connectivity index (χ4n) is 3.59. The lowest BCUT2D eigenvalue weighted by Crippen LogP contribution is -2.48. The molecule has 0 aliphatic carbocycles. The molecule has 0 heterocycles. The van der Waals surface area contributed by atoms with Crippen molar-refractivity contribution in [2.45, 2.75) is 51.0 Å². The van der Waals surface area contributed by atoms with Gasteiger partial charge in [-0.25, -0.2) is 17.5 Å². The molecule has 0 saturated carbocycles. The number of hydrogen-bond donors (Lipinski definition) is 2. The molecule has 7 nitrogen and oxygen atoms in total. The minimum absolute atomic E-state index is 0.0721. The summed E-state index contributed by atoms with van der Waals surface area (Å²) >= 11 is 5.86. The molecule has 0 fully saturated rings. The van der Waals surface area contributed by atoms with Gasteiger partial charge >= 0.3 is 0 Å². The normalized spacial score (nSPS) is 12.7. The third kappa shape index (κ3) is 9.04. The number of amides is 2. The van der Waals surface area contributed by atoms with Crippen LogP contribution in [0.3, 0.4) is 0 Å². The summed E-state index contributed by atoms with van der Waals surface area (Å²) in [6, 6.07) is 9.93. The van der Waals surface area contributed by atoms with Gasteiger partial charge in [0.15, 0.2) is 0 Å². The van der Waals surface area contributed by atoms with Crippen LogP contribution in [0.5, 0.6) is 0 Å². The van der Waals surface area contributed by atoms with Crippen molar-refractivity contribution in [2.75, 3.05) is 13.1 Å². The summed E-state index contributed by atoms with van der Waals surface area (Å²) in [5.74, 6) is -1.44. The first kappa shape index (κ1) is 29.5. The fraction of sp³-hybridized carbons (Fsp3) is 0.385. The molecule has 0 radical (unpaired) electrons. The van der Waals surface area contributed by atoms with E-state index in [2.05, 4.69) is 4.72 Å². The van der Waals surface area contributed by atoms with Gasteiger partial charge in [-0.3, -0.25) is 9.59 Å². The van der Waals surface area contributed by atoms with Gasteiger partial charge in [0.05, 0.1) is 5.02 Å². The van der Waals surface area contributed by atoms with Gasteiger partial charge in [0.2, 0.25) is 21.8 Å². The Hall–Kier alpha value is -2.75. The molecule has 0 unspecified atom stereocenters. The number of sulfonamides is 1. The number of nitrogens with zero attached hydrogens (tertiary/aromatic N) is 1. The number of unbranched alkanes of at least 4 members (excludes halogenated alkanes) is 1. The minimum atomic E-state index is -3.93. The van der Waals surface area contributed by atoms with Crippen molar-refractivity contribution in [1.29, 1.82) is 0 Å². The van der Waals surface area contributed by atoms with Crippen LogP contribution in [0, 0.1) is 18.7 Å². The number of nitrogens with one attached hydrogen (secondary N) is 1. The van der Waals surface area contributed by atoms with E-state index in [0.29, 0.717) is 19.3 Å². The quantitative estimate of drug-likeness (QED) is 0.293. The smallest absolute Gasteiger partial charge is 0.247 e. The minimum Gasteiger partial charge on any atom is -0.368 e. The van der Waals surface area contributed by atoms with Crippen LogP contribution < -0.4 is 10.5 Å². The third-order valence-corrected chi connectivity index (χ3v) is 7.42. The average Bonchev–Trinajstić information content (AvgIpc) is 2.79. The molecule has 2 aromatic carbocycles. The number of aryl methyl sites for hydroxylation is 1. The second kappa shape index (κ2) is 13.5. The van der Waals surface area contributed by atoms with Crippen molar-refractivity contribution >= 4 is 39.5 Å². The molecule has 0 aliphatic rings. The van der Waals surface area contributed by atoms with Gasteiger partial charge in [-0.1, -0.05) is 55.3 Å². The Morgan fingerprint density at radius 1 is 1.14 bits per heavy atom. The summed E-state index contributed by atoms with van der Waals surface area (Å²) < 4.78 is 40.6. The van der Waals surface area contributed by atoms with Crippen molar-refractivity contribution in [3.63, 3.8) is 0 Å². The SMILES string of the molecule is Cc1ccc(/C=C/C(=O)N(CCCCNS(=O)(=O)c2ccc(F)cc2Cl)[C@@H](CC(C)C)C(N)=O)cc1. The largest absolute Gasteiger partial charge is 0.368 e. The van der Waals surface area contributed by atoms with Crippen LogP contribution in [0.1, 0.15) is 44.2 Å². The Balaban J connectivity index is 2.05. The summed E-state index contributed by atoms with van der Waals surface area (Å²) in [5.41, 5.74) is 7.59. The summed E-state index contributed by atoms with van der Waals surface area (Å²) in [7, 11) is -3.93. The number of halogens is 2. The number of hydrogen-bond acceptors (Lipinski definition) is 4. The molecule has 36 heavy (non-hydrogen) atoms. The van der Waals surface area contributed by atoms with Crippen molar-refractivity contribution in [3.05, 3.63) is 70.5 Å². The lowest BCUT2D eigenvalue weighted by Gasteiger charge is -2.30. The number of rotatable bonds is 13. The predicted molar refractivity (Wildman–Crippen MR) is 140 cm³/mol. The second-order valence-corrected chi connectivity index (χ2v) is 11.1. The standard InChI is InChI=1S/C26H33ClFN3O4S/c1-18(2)16-23(26(29)33)31(25(32)13-10-20-8-6-19(3)7-9-20)15-5-4-14-30-36(34,35)24-12-11-21(28)17-22(24)27/h6-13,17-18,23,30H,4-5,14-16H2,1-3H3,(H2,29,33)/b13-10+/t23-/m0/s1. The molecular weight excluding hydrogens is 505 g/mol. The number of primary amides is 1. The van der Waals surface area contributed by atoms with Gasteiger partial charge in [0, 0.05) is 19.2 Å². The number of carbonyl (C=O) groups excluding carboxylic acids is 2. The molecule has 1 atom stereocenters. The molecule has 196 valence electrons. The zero-order valence-electron chi connectivity index (χ0n) is 20.7. The third-order valence-electron chi connectivity index (χ3n) is 5.48. The summed E-state index contributed by atoms with van der Waals surface area (Å²) in [6.45, 7) is 6.14. The molecule has 0 saturated heterocycles. The molecule has 0 bridgehead atoms. The first-order chi connectivity index (χ1) is 16.9. The van der Waals surface area contributed by atoms with Gasteiger partial charge < -0.3 is 10.6 Å². The molecule has 2 rings (SSSR count). The van der Waals surface area contributed by atoms with E-state index >= 15 is 0 Å². The Bertz CT molecular complexity index is 1180. The highest BCUT2D eigenvalue weighted by Crippen LogP contribution is 2.22. The molecule has 0 aromatic heterocycles. The highest BCUT2D eigenvalue weighted by atomic mass is 35.5. The Kier molecular flexibility index (Phi) is 11.1. The lowest BCUT2D eigenvalue weighted by molar-refractivity contribution is -0.136. The summed E-state index contributed by atoms with van der Waals surface area (Å²) in [6.07, 6.45) is 4.32. The van der Waals surface area contributed by atoms with Gasteiger partial charge in [0.1, 0.15) is 16.8 Å². The maximum absolute atomic E-state index is 13.2. The predicted octanol–water partition coefficient (Wildman–Crippen LogP) is 4.29. The fourth-order valence-corrected chi connectivity index (χ4v) is 5.19. The van der Waals surface area contributed by atoms with E-state index in [1.807, 2.05) is 45.0 Å². The van der Waals surface area contributed by atoms with Crippen LogP contribution in [-0.2, 0) is 19.6 Å². The zero-order chi connectivity index (χ0) is 26.9. The molecule has 0 spiro atoms. The Morgan fingerprint density at radius 2 is 1.81 bits per heavy atom. The second-order valence-electron chi connectivity index (χ2n) is 9.00. The van der Waals surface area contributed by atoms with E-state index in [1.54, 1.807) is 6.08 Å². The van der Waals surface area contributed by atoms with Gasteiger partial charge in [-0.15, -0.1) is 0 Å².